The van der Waals surface area contributed by atoms with E-state index in [1.54, 1.807) is 55.8 Å². The largest absolute Gasteiger partial charge is 0.493 e. The first-order valence-corrected chi connectivity index (χ1v) is 14.0. The van der Waals surface area contributed by atoms with Crippen LogP contribution in [0.2, 0.25) is 10.0 Å². The van der Waals surface area contributed by atoms with Crippen LogP contribution in [0.5, 0.6) is 11.5 Å². The summed E-state index contributed by atoms with van der Waals surface area (Å²) in [5.74, 6) is 1.09. The fraction of sp³-hybridized carbons (Fsp3) is 0.357. The number of para-hydroxylation sites is 1. The molecule has 0 radical (unpaired) electrons. The number of thiophene rings is 1. The van der Waals surface area contributed by atoms with E-state index in [2.05, 4.69) is 5.32 Å². The molecule has 1 N–H and O–H groups in total. The quantitative estimate of drug-likeness (QED) is 0.225. The van der Waals surface area contributed by atoms with Crippen LogP contribution in [0.4, 0.5) is 10.5 Å². The van der Waals surface area contributed by atoms with Crippen molar-refractivity contribution in [3.05, 3.63) is 74.4 Å². The van der Waals surface area contributed by atoms with Gasteiger partial charge in [-0.1, -0.05) is 41.4 Å². The number of hydrogen-bond acceptors (Lipinski definition) is 6. The van der Waals surface area contributed by atoms with Gasteiger partial charge in [0.1, 0.15) is 6.54 Å². The molecule has 0 saturated heterocycles. The highest BCUT2D eigenvalue weighted by molar-refractivity contribution is 7.09. The van der Waals surface area contributed by atoms with Gasteiger partial charge in [0.2, 0.25) is 5.91 Å². The van der Waals surface area contributed by atoms with Gasteiger partial charge in [0.05, 0.1) is 36.5 Å². The predicted molar refractivity (Wildman–Crippen MR) is 157 cm³/mol. The predicted octanol–water partition coefficient (Wildman–Crippen LogP) is 6.21. The highest BCUT2D eigenvalue weighted by Gasteiger charge is 2.23. The third kappa shape index (κ3) is 9.03. The van der Waals surface area contributed by atoms with Gasteiger partial charge in [-0.3, -0.25) is 4.79 Å². The van der Waals surface area contributed by atoms with Crippen LogP contribution in [0.25, 0.3) is 0 Å². The number of benzene rings is 2. The Balaban J connectivity index is 1.76. The summed E-state index contributed by atoms with van der Waals surface area (Å²) in [6.45, 7) is 1.54. The summed E-state index contributed by atoms with van der Waals surface area (Å²) in [5.41, 5.74) is 1.30. The lowest BCUT2D eigenvalue weighted by Crippen LogP contribution is -2.45. The molecule has 0 unspecified atom stereocenters. The van der Waals surface area contributed by atoms with Crippen molar-refractivity contribution in [1.29, 1.82) is 0 Å². The van der Waals surface area contributed by atoms with Crippen LogP contribution < -0.4 is 14.8 Å². The van der Waals surface area contributed by atoms with Gasteiger partial charge >= 0.3 is 6.03 Å². The maximum absolute atomic E-state index is 13.6. The molecule has 1 heterocycles. The molecule has 210 valence electrons. The zero-order chi connectivity index (χ0) is 28.2. The van der Waals surface area contributed by atoms with Gasteiger partial charge in [0.15, 0.2) is 11.5 Å². The standard InChI is InChI=1S/C28H33Cl2N3O5S/c1-36-15-6-13-33(28(35)31-27-22(29)8-4-9-23(27)30)19-26(34)32(18-21-7-5-16-39-21)14-12-20-10-11-24(37-2)25(17-20)38-3/h4-5,7-11,16-17H,6,12-15,18-19H2,1-3H3,(H,31,35). The number of nitrogens with zero attached hydrogens (tertiary/aromatic N) is 2. The first kappa shape index (κ1) is 30.6. The van der Waals surface area contributed by atoms with Gasteiger partial charge in [-0.15, -0.1) is 11.3 Å². The van der Waals surface area contributed by atoms with E-state index in [1.165, 1.54) is 4.90 Å². The van der Waals surface area contributed by atoms with Crippen molar-refractivity contribution in [2.75, 3.05) is 52.9 Å². The van der Waals surface area contributed by atoms with E-state index in [9.17, 15) is 9.59 Å². The Hall–Kier alpha value is -2.98. The van der Waals surface area contributed by atoms with Crippen LogP contribution in [-0.2, 0) is 22.5 Å². The third-order valence-electron chi connectivity index (χ3n) is 5.98. The molecule has 8 nitrogen and oxygen atoms in total. The van der Waals surface area contributed by atoms with Crippen molar-refractivity contribution in [3.8, 4) is 11.5 Å². The molecule has 3 amide bonds. The van der Waals surface area contributed by atoms with Gasteiger partial charge < -0.3 is 29.3 Å². The number of hydrogen-bond donors (Lipinski definition) is 1. The van der Waals surface area contributed by atoms with E-state index in [0.29, 0.717) is 66.3 Å². The minimum Gasteiger partial charge on any atom is -0.493 e. The summed E-state index contributed by atoms with van der Waals surface area (Å²) in [7, 11) is 4.77. The van der Waals surface area contributed by atoms with Crippen molar-refractivity contribution in [2.24, 2.45) is 0 Å². The van der Waals surface area contributed by atoms with Crippen molar-refractivity contribution in [3.63, 3.8) is 0 Å². The summed E-state index contributed by atoms with van der Waals surface area (Å²) in [6.07, 6.45) is 1.16. The Labute approximate surface area is 243 Å². The number of carbonyl (C=O) groups excluding carboxylic acids is 2. The zero-order valence-electron chi connectivity index (χ0n) is 22.2. The molecule has 39 heavy (non-hydrogen) atoms. The molecule has 0 aliphatic rings. The molecule has 0 bridgehead atoms. The van der Waals surface area contributed by atoms with Crippen LogP contribution >= 0.6 is 34.5 Å². The lowest BCUT2D eigenvalue weighted by molar-refractivity contribution is -0.132. The lowest BCUT2D eigenvalue weighted by Gasteiger charge is -2.28. The molecule has 1 aromatic heterocycles. The summed E-state index contributed by atoms with van der Waals surface area (Å²) in [4.78, 5) is 31.2. The Bertz CT molecular complexity index is 1210. The molecular weight excluding hydrogens is 561 g/mol. The Morgan fingerprint density at radius 2 is 1.67 bits per heavy atom. The number of urea groups is 1. The molecule has 0 fully saturated rings. The maximum Gasteiger partial charge on any atom is 0.322 e. The molecule has 11 heteroatoms. The average molecular weight is 595 g/mol. The fourth-order valence-electron chi connectivity index (χ4n) is 3.90. The van der Waals surface area contributed by atoms with Crippen LogP contribution in [0.3, 0.4) is 0 Å². The molecule has 3 aromatic rings. The average Bonchev–Trinajstić information content (AvgIpc) is 3.45. The number of anilines is 1. The first-order valence-electron chi connectivity index (χ1n) is 12.4. The molecule has 0 spiro atoms. The summed E-state index contributed by atoms with van der Waals surface area (Å²) in [6, 6.07) is 14.2. The number of rotatable bonds is 14. The summed E-state index contributed by atoms with van der Waals surface area (Å²) in [5, 5.41) is 5.37. The third-order valence-corrected chi connectivity index (χ3v) is 7.47. The number of carbonyl (C=O) groups is 2. The van der Waals surface area contributed by atoms with E-state index < -0.39 is 6.03 Å². The van der Waals surface area contributed by atoms with Crippen molar-refractivity contribution < 1.29 is 23.8 Å². The zero-order valence-corrected chi connectivity index (χ0v) is 24.6. The van der Waals surface area contributed by atoms with Gasteiger partial charge in [-0.2, -0.15) is 0 Å². The van der Waals surface area contributed by atoms with Crippen LogP contribution in [0.15, 0.2) is 53.9 Å². The molecule has 0 atom stereocenters. The first-order chi connectivity index (χ1) is 18.9. The Morgan fingerprint density at radius 1 is 0.923 bits per heavy atom. The number of methoxy groups -OCH3 is 3. The fourth-order valence-corrected chi connectivity index (χ4v) is 5.11. The highest BCUT2D eigenvalue weighted by Crippen LogP contribution is 2.30. The van der Waals surface area contributed by atoms with Gasteiger partial charge in [-0.25, -0.2) is 4.79 Å². The minimum atomic E-state index is -0.467. The van der Waals surface area contributed by atoms with Crippen molar-refractivity contribution >= 4 is 52.2 Å². The van der Waals surface area contributed by atoms with Crippen LogP contribution in [0.1, 0.15) is 16.9 Å². The Kier molecular flexibility index (Phi) is 12.2. The van der Waals surface area contributed by atoms with E-state index in [4.69, 9.17) is 37.4 Å². The smallest absolute Gasteiger partial charge is 0.322 e. The van der Waals surface area contributed by atoms with Crippen molar-refractivity contribution in [2.45, 2.75) is 19.4 Å². The van der Waals surface area contributed by atoms with Gasteiger partial charge in [0.25, 0.3) is 0 Å². The molecule has 2 aromatic carbocycles. The summed E-state index contributed by atoms with van der Waals surface area (Å²) >= 11 is 14.1. The maximum atomic E-state index is 13.6. The van der Waals surface area contributed by atoms with Crippen LogP contribution in [-0.4, -0.2) is 69.3 Å². The van der Waals surface area contributed by atoms with E-state index in [1.807, 2.05) is 35.7 Å². The second kappa shape index (κ2) is 15.6. The topological polar surface area (TPSA) is 80.3 Å². The SMILES string of the molecule is COCCCN(CC(=O)N(CCc1ccc(OC)c(OC)c1)Cc1cccs1)C(=O)Nc1c(Cl)cccc1Cl. The van der Waals surface area contributed by atoms with Crippen molar-refractivity contribution in [1.82, 2.24) is 9.80 Å². The number of halogens is 2. The molecule has 0 aliphatic heterocycles. The number of amides is 3. The van der Waals surface area contributed by atoms with E-state index in [0.717, 1.165) is 10.4 Å². The molecule has 3 rings (SSSR count). The molecule has 0 aliphatic carbocycles. The second-order valence-electron chi connectivity index (χ2n) is 8.63. The highest BCUT2D eigenvalue weighted by atomic mass is 35.5. The number of ether oxygens (including phenoxy) is 3. The van der Waals surface area contributed by atoms with Gasteiger partial charge in [0, 0.05) is 31.7 Å². The van der Waals surface area contributed by atoms with E-state index >= 15 is 0 Å². The Morgan fingerprint density at radius 3 is 2.31 bits per heavy atom. The molecule has 0 saturated carbocycles. The molecular formula is C28H33Cl2N3O5S. The monoisotopic (exact) mass is 593 g/mol. The van der Waals surface area contributed by atoms with Crippen LogP contribution in [0, 0.1) is 0 Å². The summed E-state index contributed by atoms with van der Waals surface area (Å²) < 4.78 is 15.9. The number of nitrogens with one attached hydrogen (secondary N) is 1. The van der Waals surface area contributed by atoms with Gasteiger partial charge in [-0.05, 0) is 54.1 Å². The van der Waals surface area contributed by atoms with E-state index in [-0.39, 0.29) is 12.5 Å². The normalized spacial score (nSPS) is 10.7. The lowest BCUT2D eigenvalue weighted by atomic mass is 10.1. The second-order valence-corrected chi connectivity index (χ2v) is 10.5. The minimum absolute atomic E-state index is 0.116.